The Morgan fingerprint density at radius 3 is 2.84 bits per heavy atom. The Bertz CT molecular complexity index is 832. The molecular weight excluding hydrogens is 378 g/mol. The quantitative estimate of drug-likeness (QED) is 0.562. The maximum absolute atomic E-state index is 12.8. The maximum atomic E-state index is 12.8. The number of ether oxygens (including phenoxy) is 1. The highest BCUT2D eigenvalue weighted by atomic mass is 32.2. The first kappa shape index (κ1) is 18.4. The number of sulfone groups is 1. The molecule has 2 heterocycles. The van der Waals surface area contributed by atoms with Crippen LogP contribution in [0.15, 0.2) is 29.2 Å². The van der Waals surface area contributed by atoms with Crippen LogP contribution in [0.2, 0.25) is 0 Å². The standard InChI is InChI=1S/C17H19NO4S3/c1-2-8-22-14-6-4-3-5-12(14)10-15-16(19)18(17(23)24-15)13-7-9-25(20,21)11-13/h3-6,10,13H,2,7-9,11H2,1H3/b15-10+/t13-/m1/s1. The number of nitrogens with zero attached hydrogens (tertiary/aromatic N) is 1. The van der Waals surface area contributed by atoms with Gasteiger partial charge in [0, 0.05) is 5.56 Å². The number of hydrogen-bond acceptors (Lipinski definition) is 6. The number of carbonyl (C=O) groups excluding carboxylic acids is 1. The summed E-state index contributed by atoms with van der Waals surface area (Å²) in [6, 6.07) is 7.17. The topological polar surface area (TPSA) is 63.7 Å². The Labute approximate surface area is 157 Å². The molecule has 3 rings (SSSR count). The van der Waals surface area contributed by atoms with E-state index in [0.29, 0.717) is 22.3 Å². The molecule has 1 aromatic rings. The van der Waals surface area contributed by atoms with Gasteiger partial charge in [0.2, 0.25) is 0 Å². The third-order valence-corrected chi connectivity index (χ3v) is 7.15. The SMILES string of the molecule is CCCOc1ccccc1/C=C1/SC(=S)N([C@@H]2CCS(=O)(=O)C2)C1=O. The van der Waals surface area contributed by atoms with E-state index < -0.39 is 9.84 Å². The van der Waals surface area contributed by atoms with Gasteiger partial charge in [0.1, 0.15) is 10.1 Å². The van der Waals surface area contributed by atoms with Gasteiger partial charge in [-0.2, -0.15) is 0 Å². The van der Waals surface area contributed by atoms with Crippen LogP contribution in [0.1, 0.15) is 25.3 Å². The molecular formula is C17H19NO4S3. The predicted molar refractivity (Wildman–Crippen MR) is 104 cm³/mol. The number of benzene rings is 1. The maximum Gasteiger partial charge on any atom is 0.266 e. The van der Waals surface area contributed by atoms with Gasteiger partial charge in [0.15, 0.2) is 9.84 Å². The van der Waals surface area contributed by atoms with Crippen molar-refractivity contribution in [2.45, 2.75) is 25.8 Å². The van der Waals surface area contributed by atoms with Crippen LogP contribution in [0.5, 0.6) is 5.75 Å². The molecule has 0 N–H and O–H groups in total. The fourth-order valence-electron chi connectivity index (χ4n) is 2.86. The normalized spacial score (nSPS) is 24.3. The van der Waals surface area contributed by atoms with E-state index in [1.165, 1.54) is 16.7 Å². The molecule has 25 heavy (non-hydrogen) atoms. The summed E-state index contributed by atoms with van der Waals surface area (Å²) in [6.07, 6.45) is 3.11. The first-order valence-electron chi connectivity index (χ1n) is 8.10. The third kappa shape index (κ3) is 4.07. The zero-order valence-corrected chi connectivity index (χ0v) is 16.3. The molecule has 0 spiro atoms. The van der Waals surface area contributed by atoms with Gasteiger partial charge in [-0.3, -0.25) is 9.69 Å². The molecule has 2 fully saturated rings. The Morgan fingerprint density at radius 1 is 1.40 bits per heavy atom. The second-order valence-corrected chi connectivity index (χ2v) is 9.90. The Hall–Kier alpha value is -1.38. The molecule has 2 aliphatic heterocycles. The van der Waals surface area contributed by atoms with Gasteiger partial charge >= 0.3 is 0 Å². The molecule has 1 atom stereocenters. The summed E-state index contributed by atoms with van der Waals surface area (Å²) >= 11 is 6.54. The number of para-hydroxylation sites is 1. The number of thioether (sulfide) groups is 1. The van der Waals surface area contributed by atoms with Crippen molar-refractivity contribution < 1.29 is 17.9 Å². The summed E-state index contributed by atoms with van der Waals surface area (Å²) < 4.78 is 29.6. The minimum atomic E-state index is -3.08. The predicted octanol–water partition coefficient (Wildman–Crippen LogP) is 2.86. The van der Waals surface area contributed by atoms with Gasteiger partial charge in [-0.1, -0.05) is 49.1 Å². The average Bonchev–Trinajstić information content (AvgIpc) is 3.05. The van der Waals surface area contributed by atoms with Gasteiger partial charge in [-0.05, 0) is 25.0 Å². The number of hydrogen-bond donors (Lipinski definition) is 0. The molecule has 0 aliphatic carbocycles. The van der Waals surface area contributed by atoms with Crippen molar-refractivity contribution in [1.29, 1.82) is 0 Å². The van der Waals surface area contributed by atoms with Crippen molar-refractivity contribution in [1.82, 2.24) is 4.90 Å². The molecule has 8 heteroatoms. The third-order valence-electron chi connectivity index (χ3n) is 4.06. The molecule has 0 aromatic heterocycles. The van der Waals surface area contributed by atoms with E-state index in [1.54, 1.807) is 6.08 Å². The Morgan fingerprint density at radius 2 is 2.16 bits per heavy atom. The van der Waals surface area contributed by atoms with Crippen molar-refractivity contribution >= 4 is 50.1 Å². The smallest absolute Gasteiger partial charge is 0.266 e. The van der Waals surface area contributed by atoms with Gasteiger partial charge in [0.05, 0.1) is 29.1 Å². The molecule has 2 saturated heterocycles. The monoisotopic (exact) mass is 397 g/mol. The molecule has 0 unspecified atom stereocenters. The number of carbonyl (C=O) groups is 1. The van der Waals surface area contributed by atoms with Gasteiger partial charge in [0.25, 0.3) is 5.91 Å². The Kier molecular flexibility index (Phi) is 5.50. The summed E-state index contributed by atoms with van der Waals surface area (Å²) in [4.78, 5) is 14.7. The second kappa shape index (κ2) is 7.47. The lowest BCUT2D eigenvalue weighted by molar-refractivity contribution is -0.123. The van der Waals surface area contributed by atoms with Crippen LogP contribution in [0.4, 0.5) is 0 Å². The fraction of sp³-hybridized carbons (Fsp3) is 0.412. The van der Waals surface area contributed by atoms with E-state index in [0.717, 1.165) is 17.7 Å². The van der Waals surface area contributed by atoms with Crippen molar-refractivity contribution in [2.75, 3.05) is 18.1 Å². The van der Waals surface area contributed by atoms with E-state index >= 15 is 0 Å². The summed E-state index contributed by atoms with van der Waals surface area (Å²) in [5.74, 6) is 0.602. The zero-order valence-electron chi connectivity index (χ0n) is 13.8. The van der Waals surface area contributed by atoms with Crippen molar-refractivity contribution in [3.05, 3.63) is 34.7 Å². The van der Waals surface area contributed by atoms with E-state index in [1.807, 2.05) is 31.2 Å². The molecule has 0 radical (unpaired) electrons. The fourth-order valence-corrected chi connectivity index (χ4v) is 5.95. The minimum absolute atomic E-state index is 0.0110. The van der Waals surface area contributed by atoms with Crippen molar-refractivity contribution in [3.63, 3.8) is 0 Å². The lowest BCUT2D eigenvalue weighted by Gasteiger charge is -2.20. The number of thiocarbonyl (C=S) groups is 1. The van der Waals surface area contributed by atoms with E-state index in [9.17, 15) is 13.2 Å². The Balaban J connectivity index is 1.84. The van der Waals surface area contributed by atoms with Gasteiger partial charge < -0.3 is 4.74 Å². The van der Waals surface area contributed by atoms with Crippen LogP contribution in [-0.2, 0) is 14.6 Å². The van der Waals surface area contributed by atoms with E-state index in [-0.39, 0.29) is 23.5 Å². The summed E-state index contributed by atoms with van der Waals surface area (Å²) in [5.41, 5.74) is 0.815. The highest BCUT2D eigenvalue weighted by Crippen LogP contribution is 2.37. The van der Waals surface area contributed by atoms with Crippen LogP contribution < -0.4 is 4.74 Å². The first-order valence-corrected chi connectivity index (χ1v) is 11.1. The van der Waals surface area contributed by atoms with Gasteiger partial charge in [-0.25, -0.2) is 8.42 Å². The largest absolute Gasteiger partial charge is 0.493 e. The average molecular weight is 398 g/mol. The van der Waals surface area contributed by atoms with Crippen molar-refractivity contribution in [3.8, 4) is 5.75 Å². The molecule has 5 nitrogen and oxygen atoms in total. The second-order valence-electron chi connectivity index (χ2n) is 5.99. The number of rotatable bonds is 5. The van der Waals surface area contributed by atoms with Crippen LogP contribution in [-0.4, -0.2) is 47.7 Å². The highest BCUT2D eigenvalue weighted by Gasteiger charge is 2.42. The first-order chi connectivity index (χ1) is 11.9. The number of amides is 1. The molecule has 1 aromatic carbocycles. The molecule has 0 saturated carbocycles. The minimum Gasteiger partial charge on any atom is -0.493 e. The molecule has 134 valence electrons. The lowest BCUT2D eigenvalue weighted by Crippen LogP contribution is -2.39. The van der Waals surface area contributed by atoms with Crippen molar-refractivity contribution in [2.24, 2.45) is 0 Å². The lowest BCUT2D eigenvalue weighted by atomic mass is 10.1. The van der Waals surface area contributed by atoms with E-state index in [4.69, 9.17) is 17.0 Å². The zero-order chi connectivity index (χ0) is 18.0. The van der Waals surface area contributed by atoms with E-state index in [2.05, 4.69) is 0 Å². The van der Waals surface area contributed by atoms with Crippen LogP contribution >= 0.6 is 24.0 Å². The summed E-state index contributed by atoms with van der Waals surface area (Å²) in [6.45, 7) is 2.63. The summed E-state index contributed by atoms with van der Waals surface area (Å²) in [5, 5.41) is 0. The molecule has 0 bridgehead atoms. The van der Waals surface area contributed by atoms with Crippen LogP contribution in [0.25, 0.3) is 6.08 Å². The van der Waals surface area contributed by atoms with Crippen LogP contribution in [0.3, 0.4) is 0 Å². The molecule has 1 amide bonds. The molecule has 2 aliphatic rings. The highest BCUT2D eigenvalue weighted by molar-refractivity contribution is 8.26. The summed E-state index contributed by atoms with van der Waals surface area (Å²) in [7, 11) is -3.08. The van der Waals surface area contributed by atoms with Crippen LogP contribution in [0, 0.1) is 0 Å². The van der Waals surface area contributed by atoms with Gasteiger partial charge in [-0.15, -0.1) is 0 Å².